The molecule has 0 aliphatic carbocycles. The number of halogens is 1. The van der Waals surface area contributed by atoms with Crippen LogP contribution < -0.4 is 0 Å². The number of hydrogen-bond acceptors (Lipinski definition) is 0. The van der Waals surface area contributed by atoms with E-state index < -0.39 is 0 Å². The van der Waals surface area contributed by atoms with Crippen LogP contribution in [-0.4, -0.2) is 0 Å². The second-order valence-corrected chi connectivity index (χ2v) is 4.09. The molecular weight excluding hydrogens is 163 g/mol. The molecule has 0 heterocycles. The zero-order valence-electron chi connectivity index (χ0n) is 8.76. The summed E-state index contributed by atoms with van der Waals surface area (Å²) in [5.74, 6) is 0.595. The van der Waals surface area contributed by atoms with Gasteiger partial charge >= 0.3 is 0 Å². The Bertz CT molecular complexity index is 287. The summed E-state index contributed by atoms with van der Waals surface area (Å²) >= 11 is 0. The summed E-state index contributed by atoms with van der Waals surface area (Å²) in [6.45, 7) is 8.16. The predicted molar refractivity (Wildman–Crippen MR) is 54.6 cm³/mol. The standard InChI is InChI=1S/C12H17F/c1-8(2)10-5-6-11(9(3)4)12(13)7-10/h5-9H,1-4H3. The van der Waals surface area contributed by atoms with Crippen molar-refractivity contribution in [2.75, 3.05) is 0 Å². The topological polar surface area (TPSA) is 0 Å². The van der Waals surface area contributed by atoms with Crippen LogP contribution in [0.4, 0.5) is 4.39 Å². The van der Waals surface area contributed by atoms with Crippen molar-refractivity contribution >= 4 is 0 Å². The first kappa shape index (κ1) is 10.2. The summed E-state index contributed by atoms with van der Waals surface area (Å²) in [6.07, 6.45) is 0. The van der Waals surface area contributed by atoms with E-state index in [0.29, 0.717) is 5.92 Å². The Morgan fingerprint density at radius 1 is 1.00 bits per heavy atom. The van der Waals surface area contributed by atoms with Gasteiger partial charge < -0.3 is 0 Å². The molecule has 0 aromatic heterocycles. The lowest BCUT2D eigenvalue weighted by Gasteiger charge is -2.10. The van der Waals surface area contributed by atoms with Crippen molar-refractivity contribution in [3.63, 3.8) is 0 Å². The van der Waals surface area contributed by atoms with Gasteiger partial charge in [-0.1, -0.05) is 39.8 Å². The number of benzene rings is 1. The molecule has 0 atom stereocenters. The van der Waals surface area contributed by atoms with E-state index in [2.05, 4.69) is 13.8 Å². The van der Waals surface area contributed by atoms with Crippen molar-refractivity contribution in [3.8, 4) is 0 Å². The fourth-order valence-electron chi connectivity index (χ4n) is 1.37. The van der Waals surface area contributed by atoms with Crippen LogP contribution in [0.15, 0.2) is 18.2 Å². The maximum Gasteiger partial charge on any atom is 0.126 e. The lowest BCUT2D eigenvalue weighted by atomic mass is 9.97. The summed E-state index contributed by atoms with van der Waals surface area (Å²) in [7, 11) is 0. The van der Waals surface area contributed by atoms with Gasteiger partial charge in [0, 0.05) is 0 Å². The Balaban J connectivity index is 3.06. The van der Waals surface area contributed by atoms with Gasteiger partial charge in [-0.05, 0) is 29.0 Å². The van der Waals surface area contributed by atoms with Crippen LogP contribution in [0.5, 0.6) is 0 Å². The molecule has 0 nitrogen and oxygen atoms in total. The Morgan fingerprint density at radius 3 is 2.00 bits per heavy atom. The van der Waals surface area contributed by atoms with Gasteiger partial charge in [-0.15, -0.1) is 0 Å². The van der Waals surface area contributed by atoms with E-state index in [0.717, 1.165) is 11.1 Å². The molecule has 1 aromatic carbocycles. The normalized spacial score (nSPS) is 11.3. The van der Waals surface area contributed by atoms with Crippen molar-refractivity contribution in [1.29, 1.82) is 0 Å². The molecule has 0 aliphatic heterocycles. The Morgan fingerprint density at radius 2 is 1.62 bits per heavy atom. The lowest BCUT2D eigenvalue weighted by molar-refractivity contribution is 0.594. The first-order chi connectivity index (χ1) is 6.02. The maximum absolute atomic E-state index is 13.5. The van der Waals surface area contributed by atoms with Gasteiger partial charge in [0.05, 0.1) is 0 Å². The first-order valence-electron chi connectivity index (χ1n) is 4.81. The van der Waals surface area contributed by atoms with Crippen LogP contribution in [0.3, 0.4) is 0 Å². The number of rotatable bonds is 2. The minimum absolute atomic E-state index is 0.0683. The molecule has 0 spiro atoms. The highest BCUT2D eigenvalue weighted by Crippen LogP contribution is 2.22. The van der Waals surface area contributed by atoms with Gasteiger partial charge in [-0.2, -0.15) is 0 Å². The summed E-state index contributed by atoms with van der Waals surface area (Å²) in [4.78, 5) is 0. The van der Waals surface area contributed by atoms with Crippen molar-refractivity contribution in [1.82, 2.24) is 0 Å². The van der Waals surface area contributed by atoms with E-state index in [-0.39, 0.29) is 11.7 Å². The summed E-state index contributed by atoms with van der Waals surface area (Å²) in [5, 5.41) is 0. The average Bonchev–Trinajstić information content (AvgIpc) is 2.03. The maximum atomic E-state index is 13.5. The first-order valence-corrected chi connectivity index (χ1v) is 4.81. The molecule has 0 unspecified atom stereocenters. The van der Waals surface area contributed by atoms with Crippen LogP contribution in [0.25, 0.3) is 0 Å². The molecule has 1 aromatic rings. The Kier molecular flexibility index (Phi) is 3.07. The van der Waals surface area contributed by atoms with E-state index in [4.69, 9.17) is 0 Å². The fraction of sp³-hybridized carbons (Fsp3) is 0.500. The molecule has 13 heavy (non-hydrogen) atoms. The monoisotopic (exact) mass is 180 g/mol. The van der Waals surface area contributed by atoms with Gasteiger partial charge in [0.25, 0.3) is 0 Å². The van der Waals surface area contributed by atoms with Crippen LogP contribution in [-0.2, 0) is 0 Å². The van der Waals surface area contributed by atoms with Gasteiger partial charge in [-0.25, -0.2) is 4.39 Å². The van der Waals surface area contributed by atoms with Crippen molar-refractivity contribution in [2.24, 2.45) is 0 Å². The van der Waals surface area contributed by atoms with Crippen molar-refractivity contribution < 1.29 is 4.39 Å². The largest absolute Gasteiger partial charge is 0.207 e. The van der Waals surface area contributed by atoms with Crippen molar-refractivity contribution in [3.05, 3.63) is 35.1 Å². The zero-order chi connectivity index (χ0) is 10.0. The van der Waals surface area contributed by atoms with Gasteiger partial charge in [0.15, 0.2) is 0 Å². The van der Waals surface area contributed by atoms with Crippen molar-refractivity contribution in [2.45, 2.75) is 39.5 Å². The average molecular weight is 180 g/mol. The van der Waals surface area contributed by atoms with E-state index in [9.17, 15) is 4.39 Å². The highest BCUT2D eigenvalue weighted by Gasteiger charge is 2.08. The molecule has 0 N–H and O–H groups in total. The highest BCUT2D eigenvalue weighted by molar-refractivity contribution is 5.28. The lowest BCUT2D eigenvalue weighted by Crippen LogP contribution is -1.96. The SMILES string of the molecule is CC(C)c1ccc(C(C)C)c(F)c1. The number of hydrogen-bond donors (Lipinski definition) is 0. The molecule has 0 bridgehead atoms. The van der Waals surface area contributed by atoms with Gasteiger partial charge in [0.2, 0.25) is 0 Å². The molecule has 0 saturated heterocycles. The molecule has 1 heteroatoms. The van der Waals surface area contributed by atoms with Crippen LogP contribution in [0.2, 0.25) is 0 Å². The smallest absolute Gasteiger partial charge is 0.126 e. The summed E-state index contributed by atoms with van der Waals surface area (Å²) < 4.78 is 13.5. The Labute approximate surface area is 79.8 Å². The quantitative estimate of drug-likeness (QED) is 0.643. The van der Waals surface area contributed by atoms with Gasteiger partial charge in [0.1, 0.15) is 5.82 Å². The molecule has 1 rings (SSSR count). The summed E-state index contributed by atoms with van der Waals surface area (Å²) in [5.41, 5.74) is 1.88. The molecular formula is C12H17F. The highest BCUT2D eigenvalue weighted by atomic mass is 19.1. The fourth-order valence-corrected chi connectivity index (χ4v) is 1.37. The molecule has 0 saturated carbocycles. The molecule has 0 amide bonds. The van der Waals surface area contributed by atoms with Crippen LogP contribution in [0, 0.1) is 5.82 Å². The van der Waals surface area contributed by atoms with Crippen LogP contribution in [0.1, 0.15) is 50.7 Å². The third-order valence-electron chi connectivity index (χ3n) is 2.31. The van der Waals surface area contributed by atoms with E-state index in [1.807, 2.05) is 26.0 Å². The minimum Gasteiger partial charge on any atom is -0.207 e. The van der Waals surface area contributed by atoms with E-state index in [1.165, 1.54) is 0 Å². The molecule has 0 radical (unpaired) electrons. The molecule has 72 valence electrons. The predicted octanol–water partition coefficient (Wildman–Crippen LogP) is 4.07. The van der Waals surface area contributed by atoms with E-state index >= 15 is 0 Å². The van der Waals surface area contributed by atoms with E-state index in [1.54, 1.807) is 6.07 Å². The zero-order valence-corrected chi connectivity index (χ0v) is 8.76. The minimum atomic E-state index is -0.0683. The summed E-state index contributed by atoms with van der Waals surface area (Å²) in [6, 6.07) is 5.57. The Hall–Kier alpha value is -0.850. The molecule has 0 fully saturated rings. The second-order valence-electron chi connectivity index (χ2n) is 4.09. The van der Waals surface area contributed by atoms with Crippen LogP contribution >= 0.6 is 0 Å². The second kappa shape index (κ2) is 3.91. The third kappa shape index (κ3) is 2.30. The molecule has 0 aliphatic rings. The van der Waals surface area contributed by atoms with Gasteiger partial charge in [-0.3, -0.25) is 0 Å². The third-order valence-corrected chi connectivity index (χ3v) is 2.31.